The third-order valence-corrected chi connectivity index (χ3v) is 3.32. The van der Waals surface area contributed by atoms with Crippen LogP contribution in [-0.4, -0.2) is 9.85 Å². The Morgan fingerprint density at radius 2 is 1.00 bits per heavy atom. The second-order valence-electron chi connectivity index (χ2n) is 3.71. The quantitative estimate of drug-likeness (QED) is 0.484. The van der Waals surface area contributed by atoms with E-state index in [9.17, 15) is 20.2 Å². The number of hydrogen-bond acceptors (Lipinski definition) is 4. The Kier molecular flexibility index (Phi) is 6.83. The van der Waals surface area contributed by atoms with E-state index >= 15 is 0 Å². The maximum atomic E-state index is 10.2. The Morgan fingerprint density at radius 1 is 0.682 bits per heavy atom. The molecule has 2 aromatic rings. The molecule has 116 valence electrons. The SMILES string of the molecule is O=[N+]([O-])c1cc(Cl)ccc1Cl.O=[N+]([O-])c1cc(Cl)ccc1Cl. The van der Waals surface area contributed by atoms with Crippen molar-refractivity contribution in [3.8, 4) is 0 Å². The van der Waals surface area contributed by atoms with Crippen LogP contribution in [0.15, 0.2) is 36.4 Å². The number of nitro groups is 2. The predicted octanol–water partition coefficient (Wildman–Crippen LogP) is 5.80. The lowest BCUT2D eigenvalue weighted by atomic mass is 10.3. The minimum Gasteiger partial charge on any atom is -0.258 e. The molecule has 0 spiro atoms. The molecule has 0 saturated carbocycles. The van der Waals surface area contributed by atoms with Crippen molar-refractivity contribution in [3.63, 3.8) is 0 Å². The van der Waals surface area contributed by atoms with E-state index in [1.807, 2.05) is 0 Å². The van der Waals surface area contributed by atoms with E-state index in [0.717, 1.165) is 0 Å². The van der Waals surface area contributed by atoms with Gasteiger partial charge in [0.15, 0.2) is 0 Å². The molecule has 0 aliphatic heterocycles. The minimum atomic E-state index is -0.575. The highest BCUT2D eigenvalue weighted by molar-refractivity contribution is 6.35. The molecule has 10 heteroatoms. The summed E-state index contributed by atoms with van der Waals surface area (Å²) in [6.07, 6.45) is 0. The van der Waals surface area contributed by atoms with Crippen LogP contribution < -0.4 is 0 Å². The first-order chi connectivity index (χ1) is 10.2. The van der Waals surface area contributed by atoms with Gasteiger partial charge in [0, 0.05) is 22.2 Å². The van der Waals surface area contributed by atoms with Crippen molar-refractivity contribution in [2.45, 2.75) is 0 Å². The number of nitrogens with zero attached hydrogens (tertiary/aromatic N) is 2. The van der Waals surface area contributed by atoms with E-state index in [1.165, 1.54) is 36.4 Å². The van der Waals surface area contributed by atoms with Crippen molar-refractivity contribution in [3.05, 3.63) is 76.7 Å². The molecule has 0 aliphatic rings. The van der Waals surface area contributed by atoms with Gasteiger partial charge in [0.1, 0.15) is 10.0 Å². The van der Waals surface area contributed by atoms with E-state index in [4.69, 9.17) is 46.4 Å². The zero-order chi connectivity index (χ0) is 16.9. The van der Waals surface area contributed by atoms with Gasteiger partial charge in [-0.2, -0.15) is 0 Å². The fourth-order valence-corrected chi connectivity index (χ4v) is 1.96. The summed E-state index contributed by atoms with van der Waals surface area (Å²) in [5.41, 5.74) is -0.335. The molecular weight excluding hydrogens is 378 g/mol. The summed E-state index contributed by atoms with van der Waals surface area (Å²) in [5, 5.41) is 21.3. The first-order valence-electron chi connectivity index (χ1n) is 5.41. The Labute approximate surface area is 144 Å². The summed E-state index contributed by atoms with van der Waals surface area (Å²) in [7, 11) is 0. The fraction of sp³-hybridized carbons (Fsp3) is 0. The van der Waals surface area contributed by atoms with Crippen LogP contribution >= 0.6 is 46.4 Å². The summed E-state index contributed by atoms with van der Waals surface area (Å²) < 4.78 is 0. The Morgan fingerprint density at radius 3 is 1.23 bits per heavy atom. The molecule has 0 unspecified atom stereocenters. The molecule has 0 amide bonds. The fourth-order valence-electron chi connectivity index (χ4n) is 1.25. The third-order valence-electron chi connectivity index (χ3n) is 2.21. The summed E-state index contributed by atoms with van der Waals surface area (Å²) >= 11 is 22.0. The number of benzene rings is 2. The molecule has 0 aliphatic carbocycles. The lowest BCUT2D eigenvalue weighted by Crippen LogP contribution is -1.87. The molecule has 0 saturated heterocycles. The normalized spacial score (nSPS) is 9.64. The van der Waals surface area contributed by atoms with Gasteiger partial charge in [-0.3, -0.25) is 20.2 Å². The molecule has 6 nitrogen and oxygen atoms in total. The van der Waals surface area contributed by atoms with E-state index in [0.29, 0.717) is 10.0 Å². The van der Waals surface area contributed by atoms with Gasteiger partial charge in [-0.15, -0.1) is 0 Å². The van der Waals surface area contributed by atoms with E-state index < -0.39 is 9.85 Å². The maximum absolute atomic E-state index is 10.2. The standard InChI is InChI=1S/2C6H3Cl2NO2/c2*7-4-1-2-5(8)6(3-4)9(10)11/h2*1-3H. The second kappa shape index (κ2) is 8.14. The summed E-state index contributed by atoms with van der Waals surface area (Å²) in [4.78, 5) is 19.3. The van der Waals surface area contributed by atoms with Gasteiger partial charge in [-0.05, 0) is 24.3 Å². The van der Waals surface area contributed by atoms with Crippen molar-refractivity contribution in [2.24, 2.45) is 0 Å². The van der Waals surface area contributed by atoms with Gasteiger partial charge in [0.05, 0.1) is 9.85 Å². The molecule has 0 bridgehead atoms. The van der Waals surface area contributed by atoms with Crippen LogP contribution in [0.25, 0.3) is 0 Å². The van der Waals surface area contributed by atoms with Gasteiger partial charge < -0.3 is 0 Å². The molecule has 0 fully saturated rings. The lowest BCUT2D eigenvalue weighted by Gasteiger charge is -1.93. The van der Waals surface area contributed by atoms with Crippen LogP contribution in [0.2, 0.25) is 20.1 Å². The van der Waals surface area contributed by atoms with Gasteiger partial charge in [0.2, 0.25) is 0 Å². The Bertz CT molecular complexity index is 663. The highest BCUT2D eigenvalue weighted by Crippen LogP contribution is 2.27. The van der Waals surface area contributed by atoms with E-state index in [1.54, 1.807) is 0 Å². The average Bonchev–Trinajstić information content (AvgIpc) is 2.44. The Balaban J connectivity index is 0.000000220. The highest BCUT2D eigenvalue weighted by Gasteiger charge is 2.12. The van der Waals surface area contributed by atoms with Crippen molar-refractivity contribution < 1.29 is 9.85 Å². The molecule has 0 aromatic heterocycles. The monoisotopic (exact) mass is 382 g/mol. The summed E-state index contributed by atoms with van der Waals surface area (Å²) in [5.74, 6) is 0. The highest BCUT2D eigenvalue weighted by atomic mass is 35.5. The van der Waals surface area contributed by atoms with Crippen LogP contribution in [-0.2, 0) is 0 Å². The van der Waals surface area contributed by atoms with Gasteiger partial charge >= 0.3 is 0 Å². The van der Waals surface area contributed by atoms with Gasteiger partial charge in [-0.1, -0.05) is 46.4 Å². The van der Waals surface area contributed by atoms with Gasteiger partial charge in [0.25, 0.3) is 11.4 Å². The molecule has 0 heterocycles. The van der Waals surface area contributed by atoms with Crippen LogP contribution in [0.4, 0.5) is 11.4 Å². The topological polar surface area (TPSA) is 86.3 Å². The summed E-state index contributed by atoms with van der Waals surface area (Å²) in [6.45, 7) is 0. The van der Waals surface area contributed by atoms with Crippen LogP contribution in [0, 0.1) is 20.2 Å². The first-order valence-corrected chi connectivity index (χ1v) is 6.92. The number of nitro benzene ring substituents is 2. The molecule has 0 N–H and O–H groups in total. The molecule has 2 rings (SSSR count). The van der Waals surface area contributed by atoms with Crippen molar-refractivity contribution in [1.29, 1.82) is 0 Å². The second-order valence-corrected chi connectivity index (χ2v) is 5.39. The third kappa shape index (κ3) is 5.31. The predicted molar refractivity (Wildman–Crippen MR) is 86.2 cm³/mol. The first kappa shape index (κ1) is 18.4. The van der Waals surface area contributed by atoms with E-state index in [-0.39, 0.29) is 21.4 Å². The number of halogens is 4. The lowest BCUT2D eigenvalue weighted by molar-refractivity contribution is -0.384. The van der Waals surface area contributed by atoms with Crippen LogP contribution in [0.3, 0.4) is 0 Å². The van der Waals surface area contributed by atoms with Crippen molar-refractivity contribution >= 4 is 57.8 Å². The molecular formula is C12H6Cl4N2O4. The maximum Gasteiger partial charge on any atom is 0.289 e. The molecule has 22 heavy (non-hydrogen) atoms. The number of rotatable bonds is 2. The zero-order valence-corrected chi connectivity index (χ0v) is 13.5. The molecule has 0 radical (unpaired) electrons. The smallest absolute Gasteiger partial charge is 0.258 e. The number of hydrogen-bond donors (Lipinski definition) is 0. The molecule has 2 aromatic carbocycles. The summed E-state index contributed by atoms with van der Waals surface area (Å²) in [6, 6.07) is 8.20. The molecule has 0 atom stereocenters. The van der Waals surface area contributed by atoms with Crippen LogP contribution in [0.5, 0.6) is 0 Å². The largest absolute Gasteiger partial charge is 0.289 e. The van der Waals surface area contributed by atoms with Crippen LogP contribution in [0.1, 0.15) is 0 Å². The van der Waals surface area contributed by atoms with Crippen molar-refractivity contribution in [2.75, 3.05) is 0 Å². The van der Waals surface area contributed by atoms with Gasteiger partial charge in [-0.25, -0.2) is 0 Å². The van der Waals surface area contributed by atoms with Crippen molar-refractivity contribution in [1.82, 2.24) is 0 Å². The minimum absolute atomic E-state index is 0.0967. The average molecular weight is 384 g/mol. The Hall–Kier alpha value is -1.60. The van der Waals surface area contributed by atoms with E-state index in [2.05, 4.69) is 0 Å². The zero-order valence-electron chi connectivity index (χ0n) is 10.5.